The van der Waals surface area contributed by atoms with Gasteiger partial charge in [0.2, 0.25) is 0 Å². The lowest BCUT2D eigenvalue weighted by Crippen LogP contribution is -2.38. The van der Waals surface area contributed by atoms with Gasteiger partial charge in [-0.15, -0.1) is 0 Å². The lowest BCUT2D eigenvalue weighted by atomic mass is 10.2. The summed E-state index contributed by atoms with van der Waals surface area (Å²) < 4.78 is 0. The van der Waals surface area contributed by atoms with E-state index in [1.807, 2.05) is 6.92 Å². The van der Waals surface area contributed by atoms with Gasteiger partial charge >= 0.3 is 6.03 Å². The highest BCUT2D eigenvalue weighted by Gasteiger charge is 2.09. The van der Waals surface area contributed by atoms with Crippen molar-refractivity contribution < 1.29 is 9.59 Å². The van der Waals surface area contributed by atoms with Crippen molar-refractivity contribution in [1.29, 1.82) is 0 Å². The molecule has 1 aromatic carbocycles. The topological polar surface area (TPSA) is 58.2 Å². The lowest BCUT2D eigenvalue weighted by molar-refractivity contribution is 0.0964. The van der Waals surface area contributed by atoms with Gasteiger partial charge in [0.15, 0.2) is 0 Å². The molecular weight excluding hydrogens is 228 g/mol. The second-order valence-corrected chi connectivity index (χ2v) is 3.52. The van der Waals surface area contributed by atoms with Crippen molar-refractivity contribution in [2.45, 2.75) is 13.8 Å². The molecule has 0 radical (unpaired) electrons. The Morgan fingerprint density at radius 3 is 2.28 bits per heavy atom. The number of rotatable bonds is 3. The fourth-order valence-electron chi connectivity index (χ4n) is 1.32. The Kier molecular flexibility index (Phi) is 5.38. The van der Waals surface area contributed by atoms with Crippen LogP contribution in [0, 0.1) is 0 Å². The van der Waals surface area contributed by atoms with Crippen LogP contribution in [0.25, 0.3) is 0 Å². The van der Waals surface area contributed by atoms with Gasteiger partial charge in [0.1, 0.15) is 0 Å². The number of urea groups is 1. The number of benzene rings is 1. The molecule has 0 spiro atoms. The predicted octanol–water partition coefficient (Wildman–Crippen LogP) is 2.61. The summed E-state index contributed by atoms with van der Waals surface area (Å²) in [4.78, 5) is 23.2. The van der Waals surface area contributed by atoms with E-state index in [1.165, 1.54) is 0 Å². The molecule has 94 valence electrons. The zero-order chi connectivity index (χ0) is 13.4. The molecule has 18 heavy (non-hydrogen) atoms. The Balaban J connectivity index is 2.58. The van der Waals surface area contributed by atoms with Crippen LogP contribution in [0.5, 0.6) is 0 Å². The predicted molar refractivity (Wildman–Crippen MR) is 71.0 cm³/mol. The maximum Gasteiger partial charge on any atom is 0.326 e. The third kappa shape index (κ3) is 4.25. The number of carbonyl (C=O) groups excluding carboxylic acids is 2. The van der Waals surface area contributed by atoms with Crippen LogP contribution in [0.15, 0.2) is 54.3 Å². The van der Waals surface area contributed by atoms with E-state index in [1.54, 1.807) is 55.5 Å². The highest BCUT2D eigenvalue weighted by molar-refractivity contribution is 6.04. The van der Waals surface area contributed by atoms with E-state index in [-0.39, 0.29) is 0 Å². The van der Waals surface area contributed by atoms with E-state index in [4.69, 9.17) is 0 Å². The van der Waals surface area contributed by atoms with Crippen molar-refractivity contribution in [2.75, 3.05) is 0 Å². The third-order valence-corrected chi connectivity index (χ3v) is 2.18. The fraction of sp³-hybridized carbons (Fsp3) is 0.143. The monoisotopic (exact) mass is 244 g/mol. The van der Waals surface area contributed by atoms with Gasteiger partial charge in [-0.05, 0) is 32.1 Å². The zero-order valence-corrected chi connectivity index (χ0v) is 10.4. The Labute approximate surface area is 106 Å². The second kappa shape index (κ2) is 7.06. The van der Waals surface area contributed by atoms with E-state index in [2.05, 4.69) is 10.6 Å². The fourth-order valence-corrected chi connectivity index (χ4v) is 1.32. The molecule has 0 saturated carbocycles. The Hall–Kier alpha value is -2.36. The molecule has 4 nitrogen and oxygen atoms in total. The summed E-state index contributed by atoms with van der Waals surface area (Å²) in [5.41, 5.74) is 1.08. The van der Waals surface area contributed by atoms with E-state index >= 15 is 0 Å². The van der Waals surface area contributed by atoms with Gasteiger partial charge in [0.05, 0.1) is 0 Å². The van der Waals surface area contributed by atoms with Gasteiger partial charge in [-0.3, -0.25) is 10.1 Å². The maximum atomic E-state index is 11.7. The first kappa shape index (κ1) is 13.7. The molecule has 0 bridgehead atoms. The highest BCUT2D eigenvalue weighted by Crippen LogP contribution is 1.98. The molecule has 3 amide bonds. The number of amides is 3. The van der Waals surface area contributed by atoms with Gasteiger partial charge in [0.25, 0.3) is 5.91 Å². The Bertz CT molecular complexity index is 476. The normalized spacial score (nSPS) is 11.3. The standard InChI is InChI=1S/C14H16N2O2/c1-3-8-12(4-2)15-14(18)16-13(17)11-9-6-5-7-10-11/h3-10H,1-2H3,(H2,15,16,17,18)/b8-3-,12-4+. The molecule has 4 heteroatoms. The van der Waals surface area contributed by atoms with Crippen LogP contribution < -0.4 is 10.6 Å². The molecule has 1 rings (SSSR count). The molecule has 2 N–H and O–H groups in total. The summed E-state index contributed by atoms with van der Waals surface area (Å²) in [6, 6.07) is 8.03. The Morgan fingerprint density at radius 1 is 1.06 bits per heavy atom. The summed E-state index contributed by atoms with van der Waals surface area (Å²) in [5, 5.41) is 4.83. The molecule has 0 unspecified atom stereocenters. The average Bonchev–Trinajstić information content (AvgIpc) is 2.39. The summed E-state index contributed by atoms with van der Waals surface area (Å²) in [5.74, 6) is -0.427. The number of imide groups is 1. The molecular formula is C14H16N2O2. The van der Waals surface area contributed by atoms with Crippen LogP contribution >= 0.6 is 0 Å². The molecule has 0 heterocycles. The quantitative estimate of drug-likeness (QED) is 0.803. The van der Waals surface area contributed by atoms with Crippen LogP contribution in [0.1, 0.15) is 24.2 Å². The second-order valence-electron chi connectivity index (χ2n) is 3.52. The van der Waals surface area contributed by atoms with Crippen LogP contribution in [0.3, 0.4) is 0 Å². The minimum atomic E-state index is -0.546. The molecule has 0 aliphatic rings. The van der Waals surface area contributed by atoms with Crippen molar-refractivity contribution in [3.05, 3.63) is 59.8 Å². The van der Waals surface area contributed by atoms with Gasteiger partial charge in [-0.1, -0.05) is 30.4 Å². The summed E-state index contributed by atoms with van der Waals surface area (Å²) >= 11 is 0. The SMILES string of the molecule is C/C=C\C(=C/C)NC(=O)NC(=O)c1ccccc1. The van der Waals surface area contributed by atoms with Gasteiger partial charge in [-0.2, -0.15) is 0 Å². The minimum absolute atomic E-state index is 0.427. The van der Waals surface area contributed by atoms with Gasteiger partial charge < -0.3 is 5.32 Å². The first-order valence-corrected chi connectivity index (χ1v) is 5.63. The van der Waals surface area contributed by atoms with Crippen LogP contribution in [-0.2, 0) is 0 Å². The zero-order valence-electron chi connectivity index (χ0n) is 10.4. The van der Waals surface area contributed by atoms with Crippen molar-refractivity contribution in [2.24, 2.45) is 0 Å². The first-order chi connectivity index (χ1) is 8.67. The number of hydrogen-bond donors (Lipinski definition) is 2. The molecule has 0 aliphatic carbocycles. The number of allylic oxidation sites excluding steroid dienone is 3. The van der Waals surface area contributed by atoms with Gasteiger partial charge in [-0.25, -0.2) is 4.79 Å². The minimum Gasteiger partial charge on any atom is -0.308 e. The first-order valence-electron chi connectivity index (χ1n) is 5.63. The van der Waals surface area contributed by atoms with Crippen LogP contribution in [-0.4, -0.2) is 11.9 Å². The molecule has 0 saturated heterocycles. The third-order valence-electron chi connectivity index (χ3n) is 2.18. The molecule has 0 aliphatic heterocycles. The van der Waals surface area contributed by atoms with Crippen LogP contribution in [0.4, 0.5) is 4.79 Å². The molecule has 0 aromatic heterocycles. The van der Waals surface area contributed by atoms with Crippen molar-refractivity contribution in [3.8, 4) is 0 Å². The number of carbonyl (C=O) groups is 2. The summed E-state index contributed by atoms with van der Waals surface area (Å²) in [6.45, 7) is 3.65. The van der Waals surface area contributed by atoms with E-state index < -0.39 is 11.9 Å². The smallest absolute Gasteiger partial charge is 0.308 e. The number of hydrogen-bond acceptors (Lipinski definition) is 2. The summed E-state index contributed by atoms with van der Waals surface area (Å²) in [6.07, 6.45) is 5.29. The van der Waals surface area contributed by atoms with Crippen molar-refractivity contribution in [3.63, 3.8) is 0 Å². The largest absolute Gasteiger partial charge is 0.326 e. The molecule has 0 atom stereocenters. The Morgan fingerprint density at radius 2 is 1.72 bits per heavy atom. The highest BCUT2D eigenvalue weighted by atomic mass is 16.2. The lowest BCUT2D eigenvalue weighted by Gasteiger charge is -2.07. The van der Waals surface area contributed by atoms with Crippen molar-refractivity contribution >= 4 is 11.9 Å². The van der Waals surface area contributed by atoms with Crippen molar-refractivity contribution in [1.82, 2.24) is 10.6 Å². The van der Waals surface area contributed by atoms with Crippen LogP contribution in [0.2, 0.25) is 0 Å². The van der Waals surface area contributed by atoms with Gasteiger partial charge in [0, 0.05) is 11.3 Å². The van der Waals surface area contributed by atoms with E-state index in [0.717, 1.165) is 0 Å². The molecule has 0 fully saturated rings. The van der Waals surface area contributed by atoms with E-state index in [0.29, 0.717) is 11.3 Å². The average molecular weight is 244 g/mol. The number of nitrogens with one attached hydrogen (secondary N) is 2. The molecule has 1 aromatic rings. The van der Waals surface area contributed by atoms with E-state index in [9.17, 15) is 9.59 Å². The maximum absolute atomic E-state index is 11.7. The summed E-state index contributed by atoms with van der Waals surface area (Å²) in [7, 11) is 0.